The Balaban J connectivity index is 2.61. The highest BCUT2D eigenvalue weighted by Gasteiger charge is 2.27. The minimum absolute atomic E-state index is 0.112. The van der Waals surface area contributed by atoms with Gasteiger partial charge in [-0.3, -0.25) is 0 Å². The summed E-state index contributed by atoms with van der Waals surface area (Å²) in [5.74, 6) is -4.47. The monoisotopic (exact) mass is 247 g/mol. The predicted molar refractivity (Wildman–Crippen MR) is 52.7 cm³/mol. The van der Waals surface area contributed by atoms with Gasteiger partial charge in [0.05, 0.1) is 12.2 Å². The molecule has 1 aromatic rings. The van der Waals surface area contributed by atoms with Gasteiger partial charge in [0.1, 0.15) is 18.5 Å². The summed E-state index contributed by atoms with van der Waals surface area (Å²) in [7, 11) is 0. The fourth-order valence-corrected chi connectivity index (χ4v) is 1.09. The third-order valence-corrected chi connectivity index (χ3v) is 1.93. The number of aromatic carboxylic acids is 1. The van der Waals surface area contributed by atoms with E-state index in [4.69, 9.17) is 10.2 Å². The van der Waals surface area contributed by atoms with Crippen LogP contribution in [0, 0.1) is 0 Å². The summed E-state index contributed by atoms with van der Waals surface area (Å²) in [6.45, 7) is -2.16. The Morgan fingerprint density at radius 2 is 2.24 bits per heavy atom. The molecule has 0 atom stereocenters. The van der Waals surface area contributed by atoms with E-state index in [1.165, 1.54) is 0 Å². The van der Waals surface area contributed by atoms with E-state index in [-0.39, 0.29) is 17.8 Å². The van der Waals surface area contributed by atoms with Gasteiger partial charge in [0, 0.05) is 12.7 Å². The third kappa shape index (κ3) is 4.00. The highest BCUT2D eigenvalue weighted by Crippen LogP contribution is 2.10. The van der Waals surface area contributed by atoms with Crippen molar-refractivity contribution in [1.82, 2.24) is 15.3 Å². The van der Waals surface area contributed by atoms with Crippen molar-refractivity contribution in [3.05, 3.63) is 23.8 Å². The summed E-state index contributed by atoms with van der Waals surface area (Å²) < 4.78 is 25.3. The molecular weight excluding hydrogens is 236 g/mol. The highest BCUT2D eigenvalue weighted by atomic mass is 19.3. The number of aliphatic hydroxyl groups is 1. The molecule has 0 unspecified atom stereocenters. The molecule has 94 valence electrons. The van der Waals surface area contributed by atoms with Crippen LogP contribution < -0.4 is 5.32 Å². The zero-order valence-corrected chi connectivity index (χ0v) is 8.73. The Bertz CT molecular complexity index is 401. The number of alkyl halides is 2. The minimum atomic E-state index is -3.24. The average Bonchev–Trinajstić information content (AvgIpc) is 2.29. The molecule has 1 aromatic heterocycles. The van der Waals surface area contributed by atoms with E-state index < -0.39 is 25.0 Å². The van der Waals surface area contributed by atoms with Crippen molar-refractivity contribution in [2.24, 2.45) is 0 Å². The van der Waals surface area contributed by atoms with E-state index in [0.717, 1.165) is 12.5 Å². The van der Waals surface area contributed by atoms with Crippen molar-refractivity contribution in [3.63, 3.8) is 0 Å². The van der Waals surface area contributed by atoms with Crippen LogP contribution in [0.4, 0.5) is 8.78 Å². The van der Waals surface area contributed by atoms with Crippen LogP contribution in [0.1, 0.15) is 16.1 Å². The van der Waals surface area contributed by atoms with E-state index in [0.29, 0.717) is 0 Å². The molecule has 0 amide bonds. The maximum absolute atomic E-state index is 12.7. The standard InChI is InChI=1S/C9H11F2N3O3/c10-9(11,4-15)3-12-2-7-6(8(16)17)1-13-5-14-7/h1,5,12,15H,2-4H2,(H,16,17). The number of aliphatic hydroxyl groups excluding tert-OH is 1. The number of carboxylic acid groups (broad SMARTS) is 1. The van der Waals surface area contributed by atoms with Crippen LogP contribution in [0.15, 0.2) is 12.5 Å². The zero-order chi connectivity index (χ0) is 12.9. The number of nitrogens with zero attached hydrogens (tertiary/aromatic N) is 2. The maximum Gasteiger partial charge on any atom is 0.339 e. The topological polar surface area (TPSA) is 95.3 Å². The lowest BCUT2D eigenvalue weighted by atomic mass is 10.2. The zero-order valence-electron chi connectivity index (χ0n) is 8.73. The van der Waals surface area contributed by atoms with Gasteiger partial charge in [-0.2, -0.15) is 0 Å². The fraction of sp³-hybridized carbons (Fsp3) is 0.444. The van der Waals surface area contributed by atoms with Gasteiger partial charge in [-0.15, -0.1) is 0 Å². The van der Waals surface area contributed by atoms with Crippen LogP contribution >= 0.6 is 0 Å². The molecule has 0 bridgehead atoms. The third-order valence-electron chi connectivity index (χ3n) is 1.93. The maximum atomic E-state index is 12.7. The van der Waals surface area contributed by atoms with Crippen LogP contribution in [0.2, 0.25) is 0 Å². The number of carbonyl (C=O) groups is 1. The molecule has 6 nitrogen and oxygen atoms in total. The van der Waals surface area contributed by atoms with Gasteiger partial charge in [-0.05, 0) is 0 Å². The van der Waals surface area contributed by atoms with Crippen LogP contribution in [0.5, 0.6) is 0 Å². The quantitative estimate of drug-likeness (QED) is 0.649. The van der Waals surface area contributed by atoms with Gasteiger partial charge >= 0.3 is 5.97 Å². The van der Waals surface area contributed by atoms with Crippen LogP contribution in [-0.4, -0.2) is 45.2 Å². The van der Waals surface area contributed by atoms with Crippen molar-refractivity contribution >= 4 is 5.97 Å². The molecule has 0 fully saturated rings. The molecule has 0 aromatic carbocycles. The Morgan fingerprint density at radius 3 is 2.82 bits per heavy atom. The van der Waals surface area contributed by atoms with Crippen molar-refractivity contribution < 1.29 is 23.8 Å². The average molecular weight is 247 g/mol. The Kier molecular flexibility index (Phi) is 4.41. The number of hydrogen-bond acceptors (Lipinski definition) is 5. The van der Waals surface area contributed by atoms with Gasteiger partial charge in [-0.1, -0.05) is 0 Å². The molecule has 0 saturated heterocycles. The molecule has 1 rings (SSSR count). The summed E-state index contributed by atoms with van der Waals surface area (Å²) >= 11 is 0. The van der Waals surface area contributed by atoms with Crippen molar-refractivity contribution in [3.8, 4) is 0 Å². The van der Waals surface area contributed by atoms with E-state index in [9.17, 15) is 13.6 Å². The Hall–Kier alpha value is -1.67. The summed E-state index contributed by atoms with van der Waals surface area (Å²) in [4.78, 5) is 18.0. The van der Waals surface area contributed by atoms with E-state index in [1.54, 1.807) is 0 Å². The highest BCUT2D eigenvalue weighted by molar-refractivity contribution is 5.88. The molecule has 1 heterocycles. The number of halogens is 2. The molecule has 17 heavy (non-hydrogen) atoms. The van der Waals surface area contributed by atoms with Gasteiger partial charge in [0.2, 0.25) is 0 Å². The van der Waals surface area contributed by atoms with Gasteiger partial charge in [0.15, 0.2) is 0 Å². The van der Waals surface area contributed by atoms with Crippen molar-refractivity contribution in [1.29, 1.82) is 0 Å². The normalized spacial score (nSPS) is 11.5. The molecular formula is C9H11F2N3O3. The van der Waals surface area contributed by atoms with Crippen molar-refractivity contribution in [2.75, 3.05) is 13.2 Å². The van der Waals surface area contributed by atoms with Gasteiger partial charge in [-0.25, -0.2) is 23.5 Å². The first-order valence-corrected chi connectivity index (χ1v) is 4.68. The lowest BCUT2D eigenvalue weighted by Crippen LogP contribution is -2.35. The lowest BCUT2D eigenvalue weighted by molar-refractivity contribution is -0.0478. The molecule has 8 heteroatoms. The van der Waals surface area contributed by atoms with Crippen LogP contribution in [0.25, 0.3) is 0 Å². The second kappa shape index (κ2) is 5.60. The Morgan fingerprint density at radius 1 is 1.53 bits per heavy atom. The smallest absolute Gasteiger partial charge is 0.339 e. The first kappa shape index (κ1) is 13.4. The fourth-order valence-electron chi connectivity index (χ4n) is 1.09. The summed E-state index contributed by atoms with van der Waals surface area (Å²) in [6, 6.07) is 0. The second-order valence-corrected chi connectivity index (χ2v) is 3.31. The number of nitrogens with one attached hydrogen (secondary N) is 1. The largest absolute Gasteiger partial charge is 0.478 e. The summed E-state index contributed by atoms with van der Waals surface area (Å²) in [5.41, 5.74) is -0.0337. The molecule has 3 N–H and O–H groups in total. The summed E-state index contributed by atoms with van der Waals surface area (Å²) in [5, 5.41) is 19.4. The number of carboxylic acids is 1. The van der Waals surface area contributed by atoms with Crippen LogP contribution in [0.3, 0.4) is 0 Å². The number of rotatable bonds is 6. The molecule has 0 aliphatic heterocycles. The first-order chi connectivity index (χ1) is 7.96. The van der Waals surface area contributed by atoms with Crippen molar-refractivity contribution in [2.45, 2.75) is 12.5 Å². The Labute approximate surface area is 95.3 Å². The van der Waals surface area contributed by atoms with E-state index >= 15 is 0 Å². The number of hydrogen-bond donors (Lipinski definition) is 3. The SMILES string of the molecule is O=C(O)c1cncnc1CNCC(F)(F)CO. The second-order valence-electron chi connectivity index (χ2n) is 3.31. The molecule has 0 saturated carbocycles. The van der Waals surface area contributed by atoms with E-state index in [1.807, 2.05) is 0 Å². The minimum Gasteiger partial charge on any atom is -0.478 e. The van der Waals surface area contributed by atoms with Gasteiger partial charge in [0.25, 0.3) is 5.92 Å². The predicted octanol–water partition coefficient (Wildman–Crippen LogP) is -0.108. The summed E-state index contributed by atoms with van der Waals surface area (Å²) in [6.07, 6.45) is 2.23. The first-order valence-electron chi connectivity index (χ1n) is 4.68. The molecule has 0 aliphatic carbocycles. The van der Waals surface area contributed by atoms with Gasteiger partial charge < -0.3 is 15.5 Å². The molecule has 0 radical (unpaired) electrons. The molecule has 0 spiro atoms. The van der Waals surface area contributed by atoms with Crippen LogP contribution in [-0.2, 0) is 6.54 Å². The lowest BCUT2D eigenvalue weighted by Gasteiger charge is -2.13. The van der Waals surface area contributed by atoms with E-state index in [2.05, 4.69) is 15.3 Å². The molecule has 0 aliphatic rings. The number of aromatic nitrogens is 2.